The zero-order valence-electron chi connectivity index (χ0n) is 26.5. The number of nitrogens with zero attached hydrogens (tertiary/aromatic N) is 1. The highest BCUT2D eigenvalue weighted by Gasteiger charge is 2.45. The molecule has 1 saturated heterocycles. The summed E-state index contributed by atoms with van der Waals surface area (Å²) < 4.78 is 55.3. The molecule has 0 spiro atoms. The molecule has 0 bridgehead atoms. The quantitative estimate of drug-likeness (QED) is 0.0878. The van der Waals surface area contributed by atoms with Gasteiger partial charge in [-0.15, -0.1) is 0 Å². The molecule has 3 aromatic carbocycles. The Morgan fingerprint density at radius 2 is 1.73 bits per heavy atom. The molecule has 1 aliphatic heterocycles. The Bertz CT molecular complexity index is 1530. The van der Waals surface area contributed by atoms with Crippen molar-refractivity contribution in [1.82, 2.24) is 10.2 Å². The zero-order chi connectivity index (χ0) is 35.6. The Morgan fingerprint density at radius 1 is 1.00 bits per heavy atom. The Balaban J connectivity index is 1.27. The summed E-state index contributed by atoms with van der Waals surface area (Å²) in [6, 6.07) is 18.3. The number of aryl methyl sites for hydroxylation is 1. The highest BCUT2D eigenvalue weighted by molar-refractivity contribution is 8.76. The van der Waals surface area contributed by atoms with Crippen LogP contribution in [-0.4, -0.2) is 99.6 Å². The van der Waals surface area contributed by atoms with Crippen LogP contribution in [0.4, 0.5) is 22.8 Å². The SMILES string of the molecule is C[C@H](c1cccc2ccccc12)N(CCCc1cccc(C(F)(F)F)c1)C(=O)OCSSCCNC(=O)O[C@@H]1O[C@H](CO)[C@@H](O)[C@H](O)[C@H]1O. The third-order valence-electron chi connectivity index (χ3n) is 7.93. The Hall–Kier alpha value is -3.25. The number of nitrogens with one attached hydrogen (secondary N) is 1. The van der Waals surface area contributed by atoms with E-state index < -0.39 is 67.3 Å². The van der Waals surface area contributed by atoms with Crippen LogP contribution >= 0.6 is 21.6 Å². The second kappa shape index (κ2) is 18.1. The van der Waals surface area contributed by atoms with Gasteiger partial charge >= 0.3 is 18.4 Å². The number of hydrogen-bond donors (Lipinski definition) is 5. The fraction of sp³-hybridized carbons (Fsp3) is 0.455. The van der Waals surface area contributed by atoms with Gasteiger partial charge in [0.1, 0.15) is 30.4 Å². The number of alkyl carbamates (subject to hydrolysis) is 1. The molecule has 268 valence electrons. The molecule has 5 N–H and O–H groups in total. The minimum Gasteiger partial charge on any atom is -0.437 e. The van der Waals surface area contributed by atoms with E-state index in [9.17, 15) is 43.2 Å². The summed E-state index contributed by atoms with van der Waals surface area (Å²) in [6.45, 7) is 1.58. The molecule has 11 nitrogen and oxygen atoms in total. The van der Waals surface area contributed by atoms with Crippen molar-refractivity contribution in [3.05, 3.63) is 83.4 Å². The van der Waals surface area contributed by atoms with Gasteiger partial charge in [-0.05, 0) is 47.7 Å². The van der Waals surface area contributed by atoms with Crippen molar-refractivity contribution in [3.8, 4) is 0 Å². The molecule has 16 heteroatoms. The van der Waals surface area contributed by atoms with Gasteiger partial charge in [0.25, 0.3) is 0 Å². The Kier molecular flexibility index (Phi) is 14.3. The van der Waals surface area contributed by atoms with Gasteiger partial charge in [-0.25, -0.2) is 9.59 Å². The van der Waals surface area contributed by atoms with Gasteiger partial charge in [0.05, 0.1) is 18.2 Å². The van der Waals surface area contributed by atoms with E-state index in [0.29, 0.717) is 24.2 Å². The maximum absolute atomic E-state index is 13.4. The number of amides is 2. The molecule has 0 saturated carbocycles. The number of aliphatic hydroxyl groups excluding tert-OH is 4. The van der Waals surface area contributed by atoms with Crippen LogP contribution in [0.1, 0.15) is 36.1 Å². The Morgan fingerprint density at radius 3 is 2.49 bits per heavy atom. The molecule has 1 aliphatic rings. The van der Waals surface area contributed by atoms with E-state index in [-0.39, 0.29) is 19.0 Å². The van der Waals surface area contributed by atoms with Crippen molar-refractivity contribution in [2.45, 2.75) is 62.7 Å². The van der Waals surface area contributed by atoms with E-state index in [1.807, 2.05) is 49.4 Å². The number of benzene rings is 3. The van der Waals surface area contributed by atoms with Crippen LogP contribution in [0, 0.1) is 0 Å². The first-order valence-electron chi connectivity index (χ1n) is 15.5. The van der Waals surface area contributed by atoms with Crippen LogP contribution in [0.25, 0.3) is 10.8 Å². The third-order valence-corrected chi connectivity index (χ3v) is 9.97. The number of alkyl halides is 3. The molecular formula is C33H39F3N2O9S2. The average molecular weight is 729 g/mol. The van der Waals surface area contributed by atoms with E-state index in [2.05, 4.69) is 5.32 Å². The number of ether oxygens (including phenoxy) is 3. The predicted octanol–water partition coefficient (Wildman–Crippen LogP) is 4.86. The third kappa shape index (κ3) is 10.6. The molecule has 0 radical (unpaired) electrons. The van der Waals surface area contributed by atoms with E-state index in [0.717, 1.165) is 28.5 Å². The number of fused-ring (bicyclic) bond motifs is 1. The minimum atomic E-state index is -4.45. The molecule has 1 fully saturated rings. The smallest absolute Gasteiger partial charge is 0.416 e. The van der Waals surface area contributed by atoms with Crippen molar-refractivity contribution >= 4 is 44.5 Å². The molecule has 0 unspecified atom stereocenters. The summed E-state index contributed by atoms with van der Waals surface area (Å²) in [5.41, 5.74) is 0.692. The van der Waals surface area contributed by atoms with E-state index in [4.69, 9.17) is 14.2 Å². The monoisotopic (exact) mass is 728 g/mol. The van der Waals surface area contributed by atoms with Crippen molar-refractivity contribution in [3.63, 3.8) is 0 Å². The molecule has 6 atom stereocenters. The fourth-order valence-corrected chi connectivity index (χ4v) is 6.81. The van der Waals surface area contributed by atoms with E-state index in [1.54, 1.807) is 11.0 Å². The second-order valence-electron chi connectivity index (χ2n) is 11.2. The standard InChI is InChI=1S/C33H39F3N2O9S2/c1-20(24-13-5-10-22-9-2-3-12-25(22)24)38(15-6-8-21-7-4-11-23(17-21)33(34,35)36)32(44)45-19-49-48-16-14-37-31(43)47-30-29(42)28(41)27(40)26(18-39)46-30/h2-5,7,9-13,17,20,26-30,39-42H,6,8,14-16,18-19H2,1H3,(H,37,43)/t20-,26-,27-,28+,29-,30+/m1/s1. The lowest BCUT2D eigenvalue weighted by Gasteiger charge is -2.39. The first-order valence-corrected chi connectivity index (χ1v) is 18.0. The summed E-state index contributed by atoms with van der Waals surface area (Å²) in [4.78, 5) is 27.1. The van der Waals surface area contributed by atoms with E-state index in [1.165, 1.54) is 27.7 Å². The largest absolute Gasteiger partial charge is 0.437 e. The maximum atomic E-state index is 13.4. The summed E-state index contributed by atoms with van der Waals surface area (Å²) in [7, 11) is 2.52. The van der Waals surface area contributed by atoms with Crippen molar-refractivity contribution in [1.29, 1.82) is 0 Å². The lowest BCUT2D eigenvalue weighted by Crippen LogP contribution is -2.59. The normalized spacial score (nSPS) is 21.6. The van der Waals surface area contributed by atoms with Gasteiger partial charge in [0, 0.05) is 18.8 Å². The summed E-state index contributed by atoms with van der Waals surface area (Å²) in [5.74, 6) is 0.351. The van der Waals surface area contributed by atoms with Crippen LogP contribution in [0.3, 0.4) is 0 Å². The molecule has 4 rings (SSSR count). The molecule has 0 aliphatic carbocycles. The number of aliphatic hydroxyl groups is 4. The highest BCUT2D eigenvalue weighted by atomic mass is 33.1. The number of rotatable bonds is 14. The van der Waals surface area contributed by atoms with Crippen LogP contribution < -0.4 is 5.32 Å². The fourth-order valence-electron chi connectivity index (χ4n) is 5.34. The lowest BCUT2D eigenvalue weighted by molar-refractivity contribution is -0.284. The molecule has 49 heavy (non-hydrogen) atoms. The van der Waals surface area contributed by atoms with Gasteiger partial charge in [-0.3, -0.25) is 0 Å². The van der Waals surface area contributed by atoms with Crippen molar-refractivity contribution < 1.29 is 57.4 Å². The molecular weight excluding hydrogens is 689 g/mol. The molecule has 0 aromatic heterocycles. The van der Waals surface area contributed by atoms with Crippen LogP contribution in [0.2, 0.25) is 0 Å². The average Bonchev–Trinajstić information content (AvgIpc) is 3.09. The maximum Gasteiger partial charge on any atom is 0.416 e. The lowest BCUT2D eigenvalue weighted by atomic mass is 9.98. The zero-order valence-corrected chi connectivity index (χ0v) is 28.1. The van der Waals surface area contributed by atoms with Gasteiger partial charge in [0.2, 0.25) is 6.29 Å². The topological polar surface area (TPSA) is 158 Å². The predicted molar refractivity (Wildman–Crippen MR) is 178 cm³/mol. The number of halogens is 3. The summed E-state index contributed by atoms with van der Waals surface area (Å²) >= 11 is 0. The van der Waals surface area contributed by atoms with Gasteiger partial charge < -0.3 is 44.9 Å². The van der Waals surface area contributed by atoms with E-state index >= 15 is 0 Å². The summed E-state index contributed by atoms with van der Waals surface area (Å²) in [5, 5.41) is 43.3. The number of hydrogen-bond acceptors (Lipinski definition) is 11. The number of carbonyl (C=O) groups excluding carboxylic acids is 2. The highest BCUT2D eigenvalue weighted by Crippen LogP contribution is 2.32. The van der Waals surface area contributed by atoms with Crippen LogP contribution in [0.5, 0.6) is 0 Å². The minimum absolute atomic E-state index is 0.0226. The second-order valence-corrected chi connectivity index (χ2v) is 13.8. The molecule has 1 heterocycles. The van der Waals surface area contributed by atoms with Gasteiger partial charge in [0.15, 0.2) is 0 Å². The van der Waals surface area contributed by atoms with Gasteiger partial charge in [-0.1, -0.05) is 82.3 Å². The first-order chi connectivity index (χ1) is 23.4. The summed E-state index contributed by atoms with van der Waals surface area (Å²) in [6.07, 6.45) is -13.0. The van der Waals surface area contributed by atoms with Crippen molar-refractivity contribution in [2.24, 2.45) is 0 Å². The number of carbonyl (C=O) groups is 2. The van der Waals surface area contributed by atoms with Crippen molar-refractivity contribution in [2.75, 3.05) is 31.4 Å². The molecule has 3 aromatic rings. The first kappa shape index (κ1) is 38.6. The molecule has 2 amide bonds. The Labute approximate surface area is 289 Å². The van der Waals surface area contributed by atoms with Crippen LogP contribution in [-0.2, 0) is 26.8 Å². The van der Waals surface area contributed by atoms with Crippen LogP contribution in [0.15, 0.2) is 66.7 Å². The van der Waals surface area contributed by atoms with Gasteiger partial charge in [-0.2, -0.15) is 13.2 Å².